The van der Waals surface area contributed by atoms with Gasteiger partial charge in [0.2, 0.25) is 0 Å². The Balaban J connectivity index is 2.19. The number of hydrogen-bond donors (Lipinski definition) is 1. The van der Waals surface area contributed by atoms with Crippen LogP contribution in [0.1, 0.15) is 43.5 Å². The number of hydrogen-bond acceptors (Lipinski definition) is 4. The van der Waals surface area contributed by atoms with Crippen LogP contribution in [0.2, 0.25) is 0 Å². The van der Waals surface area contributed by atoms with E-state index in [9.17, 15) is 0 Å². The minimum absolute atomic E-state index is 0.273. The molecule has 1 aliphatic rings. The summed E-state index contributed by atoms with van der Waals surface area (Å²) >= 11 is 1.74. The smallest absolute Gasteiger partial charge is 0.0794 e. The SMILES string of the molecule is CCCN1CCCCC(N)C1c1cncs1. The fourth-order valence-corrected chi connectivity index (χ4v) is 3.39. The first-order valence-corrected chi connectivity index (χ1v) is 7.09. The first kappa shape index (κ1) is 12.0. The molecule has 1 aliphatic heterocycles. The standard InChI is InChI=1S/C12H21N3S/c1-2-6-15-7-4-3-5-10(13)12(15)11-8-14-9-16-11/h8-10,12H,2-7,13H2,1H3. The number of nitrogens with zero attached hydrogens (tertiary/aromatic N) is 2. The lowest BCUT2D eigenvalue weighted by molar-refractivity contribution is 0.188. The molecule has 2 atom stereocenters. The highest BCUT2D eigenvalue weighted by Gasteiger charge is 2.29. The van der Waals surface area contributed by atoms with Crippen molar-refractivity contribution >= 4 is 11.3 Å². The summed E-state index contributed by atoms with van der Waals surface area (Å²) in [5.41, 5.74) is 8.24. The molecule has 0 bridgehead atoms. The maximum absolute atomic E-state index is 6.33. The van der Waals surface area contributed by atoms with Gasteiger partial charge in [-0.1, -0.05) is 13.3 Å². The Kier molecular flexibility index (Phi) is 4.32. The lowest BCUT2D eigenvalue weighted by Crippen LogP contribution is -2.39. The van der Waals surface area contributed by atoms with Gasteiger partial charge in [-0.05, 0) is 32.4 Å². The van der Waals surface area contributed by atoms with Gasteiger partial charge in [0, 0.05) is 17.1 Å². The summed E-state index contributed by atoms with van der Waals surface area (Å²) in [5, 5.41) is 0. The van der Waals surface area contributed by atoms with Gasteiger partial charge in [-0.25, -0.2) is 0 Å². The van der Waals surface area contributed by atoms with Crippen LogP contribution in [0, 0.1) is 0 Å². The van der Waals surface area contributed by atoms with E-state index in [1.165, 1.54) is 30.7 Å². The van der Waals surface area contributed by atoms with Gasteiger partial charge < -0.3 is 5.73 Å². The van der Waals surface area contributed by atoms with Crippen molar-refractivity contribution in [2.24, 2.45) is 5.73 Å². The molecule has 0 radical (unpaired) electrons. The van der Waals surface area contributed by atoms with Crippen LogP contribution in [0.15, 0.2) is 11.7 Å². The van der Waals surface area contributed by atoms with Gasteiger partial charge in [0.05, 0.1) is 11.6 Å². The van der Waals surface area contributed by atoms with Crippen molar-refractivity contribution in [3.63, 3.8) is 0 Å². The summed E-state index contributed by atoms with van der Waals surface area (Å²) in [5.74, 6) is 0. The summed E-state index contributed by atoms with van der Waals surface area (Å²) in [6.07, 6.45) is 6.87. The molecule has 0 spiro atoms. The van der Waals surface area contributed by atoms with Gasteiger partial charge in [0.15, 0.2) is 0 Å². The Labute approximate surface area is 102 Å². The fourth-order valence-electron chi connectivity index (χ4n) is 2.56. The van der Waals surface area contributed by atoms with E-state index in [0.717, 1.165) is 13.0 Å². The van der Waals surface area contributed by atoms with Gasteiger partial charge in [-0.3, -0.25) is 9.88 Å². The third-order valence-corrected chi connectivity index (χ3v) is 4.13. The van der Waals surface area contributed by atoms with E-state index < -0.39 is 0 Å². The van der Waals surface area contributed by atoms with Crippen LogP contribution in [0.25, 0.3) is 0 Å². The van der Waals surface area contributed by atoms with Gasteiger partial charge >= 0.3 is 0 Å². The second-order valence-electron chi connectivity index (χ2n) is 4.54. The Morgan fingerprint density at radius 2 is 2.44 bits per heavy atom. The fraction of sp³-hybridized carbons (Fsp3) is 0.750. The zero-order valence-corrected chi connectivity index (χ0v) is 10.7. The summed E-state index contributed by atoms with van der Waals surface area (Å²) < 4.78 is 0. The first-order chi connectivity index (χ1) is 7.83. The maximum atomic E-state index is 6.33. The van der Waals surface area contributed by atoms with Gasteiger partial charge in [0.25, 0.3) is 0 Å². The van der Waals surface area contributed by atoms with E-state index >= 15 is 0 Å². The molecule has 1 aromatic heterocycles. The Morgan fingerprint density at radius 1 is 1.56 bits per heavy atom. The summed E-state index contributed by atoms with van der Waals surface area (Å²) in [4.78, 5) is 8.08. The topological polar surface area (TPSA) is 42.1 Å². The van der Waals surface area contributed by atoms with Crippen molar-refractivity contribution in [1.29, 1.82) is 0 Å². The highest BCUT2D eigenvalue weighted by atomic mass is 32.1. The molecule has 1 fully saturated rings. The molecule has 2 unspecified atom stereocenters. The van der Waals surface area contributed by atoms with Crippen molar-refractivity contribution in [2.75, 3.05) is 13.1 Å². The molecule has 0 saturated carbocycles. The molecule has 4 heteroatoms. The van der Waals surface area contributed by atoms with Crippen LogP contribution in [-0.2, 0) is 0 Å². The third-order valence-electron chi connectivity index (χ3n) is 3.29. The van der Waals surface area contributed by atoms with Crippen LogP contribution in [0.3, 0.4) is 0 Å². The molecular formula is C12H21N3S. The van der Waals surface area contributed by atoms with E-state index in [2.05, 4.69) is 16.8 Å². The first-order valence-electron chi connectivity index (χ1n) is 6.21. The average molecular weight is 239 g/mol. The minimum atomic E-state index is 0.273. The second-order valence-corrected chi connectivity index (χ2v) is 5.46. The van der Waals surface area contributed by atoms with Crippen molar-refractivity contribution in [3.8, 4) is 0 Å². The molecule has 0 aliphatic carbocycles. The average Bonchev–Trinajstić information content (AvgIpc) is 2.72. The van der Waals surface area contributed by atoms with Crippen molar-refractivity contribution < 1.29 is 0 Å². The molecule has 90 valence electrons. The summed E-state index contributed by atoms with van der Waals surface area (Å²) in [7, 11) is 0. The predicted molar refractivity (Wildman–Crippen MR) is 68.5 cm³/mol. The summed E-state index contributed by atoms with van der Waals surface area (Å²) in [6, 6.07) is 0.671. The largest absolute Gasteiger partial charge is 0.326 e. The highest BCUT2D eigenvalue weighted by molar-refractivity contribution is 7.09. The van der Waals surface area contributed by atoms with Crippen LogP contribution in [-0.4, -0.2) is 29.0 Å². The molecule has 0 amide bonds. The number of likely N-dealkylation sites (tertiary alicyclic amines) is 1. The Morgan fingerprint density at radius 3 is 3.12 bits per heavy atom. The molecule has 2 heterocycles. The molecule has 2 rings (SSSR count). The molecule has 3 nitrogen and oxygen atoms in total. The zero-order valence-electron chi connectivity index (χ0n) is 9.93. The van der Waals surface area contributed by atoms with Gasteiger partial charge in [-0.15, -0.1) is 11.3 Å². The Bertz CT molecular complexity index is 299. The summed E-state index contributed by atoms with van der Waals surface area (Å²) in [6.45, 7) is 4.57. The Hall–Kier alpha value is -0.450. The molecule has 2 N–H and O–H groups in total. The van der Waals surface area contributed by atoms with Crippen LogP contribution >= 0.6 is 11.3 Å². The highest BCUT2D eigenvalue weighted by Crippen LogP contribution is 2.31. The number of aromatic nitrogens is 1. The second kappa shape index (κ2) is 5.75. The normalized spacial score (nSPS) is 27.9. The van der Waals surface area contributed by atoms with Crippen molar-refractivity contribution in [2.45, 2.75) is 44.7 Å². The van der Waals surface area contributed by atoms with Crippen LogP contribution in [0.5, 0.6) is 0 Å². The molecule has 1 saturated heterocycles. The number of rotatable bonds is 3. The maximum Gasteiger partial charge on any atom is 0.0794 e. The number of thiazole rings is 1. The lowest BCUT2D eigenvalue weighted by Gasteiger charge is -2.32. The van der Waals surface area contributed by atoms with E-state index in [1.54, 1.807) is 11.3 Å². The van der Waals surface area contributed by atoms with Crippen molar-refractivity contribution in [3.05, 3.63) is 16.6 Å². The van der Waals surface area contributed by atoms with E-state index in [0.29, 0.717) is 6.04 Å². The van der Waals surface area contributed by atoms with Crippen LogP contribution in [0.4, 0.5) is 0 Å². The molecular weight excluding hydrogens is 218 g/mol. The van der Waals surface area contributed by atoms with Gasteiger partial charge in [-0.2, -0.15) is 0 Å². The predicted octanol–water partition coefficient (Wildman–Crippen LogP) is 2.41. The minimum Gasteiger partial charge on any atom is -0.326 e. The molecule has 1 aromatic rings. The van der Waals surface area contributed by atoms with E-state index in [4.69, 9.17) is 5.73 Å². The molecule has 0 aromatic carbocycles. The number of nitrogens with two attached hydrogens (primary N) is 1. The van der Waals surface area contributed by atoms with Crippen molar-refractivity contribution in [1.82, 2.24) is 9.88 Å². The lowest BCUT2D eigenvalue weighted by atomic mass is 10.0. The van der Waals surface area contributed by atoms with Crippen LogP contribution < -0.4 is 5.73 Å². The molecule has 16 heavy (non-hydrogen) atoms. The zero-order chi connectivity index (χ0) is 11.4. The van der Waals surface area contributed by atoms with E-state index in [1.807, 2.05) is 11.7 Å². The monoisotopic (exact) mass is 239 g/mol. The van der Waals surface area contributed by atoms with E-state index in [-0.39, 0.29) is 6.04 Å². The third kappa shape index (κ3) is 2.62. The van der Waals surface area contributed by atoms with Gasteiger partial charge in [0.1, 0.15) is 0 Å². The quantitative estimate of drug-likeness (QED) is 0.880.